The van der Waals surface area contributed by atoms with Crippen LogP contribution in [0.4, 0.5) is 10.1 Å². The highest BCUT2D eigenvalue weighted by molar-refractivity contribution is 6.33. The highest BCUT2D eigenvalue weighted by Crippen LogP contribution is 2.40. The minimum Gasteiger partial charge on any atom is -0.380 e. The molecule has 3 rings (SSSR count). The molecule has 0 unspecified atom stereocenters. The Kier molecular flexibility index (Phi) is 3.43. The molecule has 0 aromatic heterocycles. The standard InChI is InChI=1S/C16H15ClFN/c17-15-9-14(18)6-7-16(15)19-10-11-2-1-3-13(8-11)12-4-5-12/h1-3,6-9,12,19H,4-5,10H2. The number of nitrogens with one attached hydrogen (secondary N) is 1. The highest BCUT2D eigenvalue weighted by Gasteiger charge is 2.23. The summed E-state index contributed by atoms with van der Waals surface area (Å²) in [7, 11) is 0. The van der Waals surface area contributed by atoms with Crippen molar-refractivity contribution in [3.8, 4) is 0 Å². The van der Waals surface area contributed by atoms with E-state index in [2.05, 4.69) is 29.6 Å². The molecule has 0 heterocycles. The van der Waals surface area contributed by atoms with Gasteiger partial charge in [0.2, 0.25) is 0 Å². The van der Waals surface area contributed by atoms with E-state index < -0.39 is 0 Å². The van der Waals surface area contributed by atoms with Crippen LogP contribution >= 0.6 is 11.6 Å². The fraction of sp³-hybridized carbons (Fsp3) is 0.250. The first-order valence-corrected chi connectivity index (χ1v) is 6.88. The third-order valence-electron chi connectivity index (χ3n) is 3.41. The number of benzene rings is 2. The van der Waals surface area contributed by atoms with Gasteiger partial charge in [-0.2, -0.15) is 0 Å². The zero-order valence-electron chi connectivity index (χ0n) is 10.5. The number of halogens is 2. The van der Waals surface area contributed by atoms with E-state index in [1.54, 1.807) is 6.07 Å². The van der Waals surface area contributed by atoms with Crippen LogP contribution in [0.5, 0.6) is 0 Å². The van der Waals surface area contributed by atoms with E-state index >= 15 is 0 Å². The summed E-state index contributed by atoms with van der Waals surface area (Å²) in [5.74, 6) is 0.445. The summed E-state index contributed by atoms with van der Waals surface area (Å²) in [5, 5.41) is 3.66. The SMILES string of the molecule is Fc1ccc(NCc2cccc(C3CC3)c2)c(Cl)c1. The summed E-state index contributed by atoms with van der Waals surface area (Å²) in [6.07, 6.45) is 2.61. The van der Waals surface area contributed by atoms with Crippen molar-refractivity contribution in [1.29, 1.82) is 0 Å². The number of anilines is 1. The Morgan fingerprint density at radius 2 is 2.00 bits per heavy atom. The summed E-state index contributed by atoms with van der Waals surface area (Å²) >= 11 is 5.98. The maximum Gasteiger partial charge on any atom is 0.124 e. The molecule has 1 nitrogen and oxygen atoms in total. The largest absolute Gasteiger partial charge is 0.380 e. The molecule has 3 heteroatoms. The van der Waals surface area contributed by atoms with Gasteiger partial charge in [-0.15, -0.1) is 0 Å². The van der Waals surface area contributed by atoms with Gasteiger partial charge in [-0.1, -0.05) is 35.9 Å². The van der Waals surface area contributed by atoms with Gasteiger partial charge in [-0.25, -0.2) is 4.39 Å². The Balaban J connectivity index is 1.69. The molecule has 0 saturated heterocycles. The minimum absolute atomic E-state index is 0.314. The van der Waals surface area contributed by atoms with Gasteiger partial charge in [0.25, 0.3) is 0 Å². The quantitative estimate of drug-likeness (QED) is 0.831. The van der Waals surface area contributed by atoms with Crippen molar-refractivity contribution in [2.24, 2.45) is 0 Å². The molecular formula is C16H15ClFN. The zero-order valence-corrected chi connectivity index (χ0v) is 11.3. The van der Waals surface area contributed by atoms with Gasteiger partial charge in [0.1, 0.15) is 5.82 Å². The Labute approximate surface area is 117 Å². The number of rotatable bonds is 4. The summed E-state index contributed by atoms with van der Waals surface area (Å²) in [6.45, 7) is 0.700. The van der Waals surface area contributed by atoms with Crippen LogP contribution in [0, 0.1) is 5.82 Å². The average molecular weight is 276 g/mol. The third kappa shape index (κ3) is 3.07. The lowest BCUT2D eigenvalue weighted by atomic mass is 10.1. The van der Waals surface area contributed by atoms with Crippen LogP contribution < -0.4 is 5.32 Å². The maximum atomic E-state index is 12.9. The van der Waals surface area contributed by atoms with E-state index in [0.717, 1.165) is 11.6 Å². The Morgan fingerprint density at radius 1 is 1.16 bits per heavy atom. The molecule has 1 saturated carbocycles. The molecule has 98 valence electrons. The second-order valence-corrected chi connectivity index (χ2v) is 5.40. The predicted molar refractivity (Wildman–Crippen MR) is 77.2 cm³/mol. The topological polar surface area (TPSA) is 12.0 Å². The smallest absolute Gasteiger partial charge is 0.124 e. The molecule has 1 aliphatic rings. The van der Waals surface area contributed by atoms with E-state index in [1.807, 2.05) is 0 Å². The van der Waals surface area contributed by atoms with Crippen LogP contribution in [-0.4, -0.2) is 0 Å². The fourth-order valence-corrected chi connectivity index (χ4v) is 2.44. The summed E-state index contributed by atoms with van der Waals surface area (Å²) in [6, 6.07) is 13.0. The van der Waals surface area contributed by atoms with Crippen LogP contribution in [0.2, 0.25) is 5.02 Å². The van der Waals surface area contributed by atoms with Crippen molar-refractivity contribution >= 4 is 17.3 Å². The van der Waals surface area contributed by atoms with Crippen LogP contribution in [-0.2, 0) is 6.54 Å². The van der Waals surface area contributed by atoms with Crippen LogP contribution in [0.25, 0.3) is 0 Å². The lowest BCUT2D eigenvalue weighted by molar-refractivity contribution is 0.628. The molecule has 0 aliphatic heterocycles. The van der Waals surface area contributed by atoms with Crippen molar-refractivity contribution in [2.75, 3.05) is 5.32 Å². The molecule has 2 aromatic carbocycles. The second-order valence-electron chi connectivity index (χ2n) is 5.00. The average Bonchev–Trinajstić information content (AvgIpc) is 3.22. The van der Waals surface area contributed by atoms with E-state index in [4.69, 9.17) is 11.6 Å². The Hall–Kier alpha value is -1.54. The first-order valence-electron chi connectivity index (χ1n) is 6.50. The molecule has 2 aromatic rings. The van der Waals surface area contributed by atoms with Crippen LogP contribution in [0.15, 0.2) is 42.5 Å². The van der Waals surface area contributed by atoms with Gasteiger partial charge < -0.3 is 5.32 Å². The van der Waals surface area contributed by atoms with Gasteiger partial charge in [-0.3, -0.25) is 0 Å². The molecule has 0 amide bonds. The first kappa shape index (κ1) is 12.5. The van der Waals surface area contributed by atoms with E-state index in [0.29, 0.717) is 11.6 Å². The summed E-state index contributed by atoms with van der Waals surface area (Å²) in [4.78, 5) is 0. The molecule has 0 spiro atoms. The Morgan fingerprint density at radius 3 is 2.74 bits per heavy atom. The van der Waals surface area contributed by atoms with Crippen molar-refractivity contribution in [2.45, 2.75) is 25.3 Å². The predicted octanol–water partition coefficient (Wildman–Crippen LogP) is 4.97. The van der Waals surface area contributed by atoms with Crippen molar-refractivity contribution in [1.82, 2.24) is 0 Å². The van der Waals surface area contributed by atoms with Crippen molar-refractivity contribution in [3.63, 3.8) is 0 Å². The van der Waals surface area contributed by atoms with E-state index in [1.165, 1.54) is 36.1 Å². The van der Waals surface area contributed by atoms with Gasteiger partial charge >= 0.3 is 0 Å². The highest BCUT2D eigenvalue weighted by atomic mass is 35.5. The molecule has 1 aliphatic carbocycles. The molecule has 1 fully saturated rings. The van der Waals surface area contributed by atoms with Crippen molar-refractivity contribution < 1.29 is 4.39 Å². The lowest BCUT2D eigenvalue weighted by Gasteiger charge is -2.09. The normalized spacial score (nSPS) is 14.4. The van der Waals surface area contributed by atoms with Gasteiger partial charge in [-0.05, 0) is 48.1 Å². The summed E-state index contributed by atoms with van der Waals surface area (Å²) < 4.78 is 12.9. The number of hydrogen-bond acceptors (Lipinski definition) is 1. The number of hydrogen-bond donors (Lipinski definition) is 1. The molecule has 0 radical (unpaired) electrons. The monoisotopic (exact) mass is 275 g/mol. The second kappa shape index (κ2) is 5.22. The molecule has 1 N–H and O–H groups in total. The third-order valence-corrected chi connectivity index (χ3v) is 3.73. The van der Waals surface area contributed by atoms with Crippen LogP contribution in [0.1, 0.15) is 29.9 Å². The maximum absolute atomic E-state index is 12.9. The molecule has 19 heavy (non-hydrogen) atoms. The van der Waals surface area contributed by atoms with E-state index in [9.17, 15) is 4.39 Å². The Bertz CT molecular complexity index is 593. The summed E-state index contributed by atoms with van der Waals surface area (Å²) in [5.41, 5.74) is 3.41. The fourth-order valence-electron chi connectivity index (χ4n) is 2.20. The molecule has 0 bridgehead atoms. The van der Waals surface area contributed by atoms with E-state index in [-0.39, 0.29) is 5.82 Å². The van der Waals surface area contributed by atoms with Crippen molar-refractivity contribution in [3.05, 3.63) is 64.4 Å². The van der Waals surface area contributed by atoms with Gasteiger partial charge in [0.15, 0.2) is 0 Å². The minimum atomic E-state index is -0.314. The zero-order chi connectivity index (χ0) is 13.2. The van der Waals surface area contributed by atoms with Crippen LogP contribution in [0.3, 0.4) is 0 Å². The van der Waals surface area contributed by atoms with Gasteiger partial charge in [0, 0.05) is 6.54 Å². The van der Waals surface area contributed by atoms with Gasteiger partial charge in [0.05, 0.1) is 10.7 Å². The molecular weight excluding hydrogens is 261 g/mol. The molecule has 0 atom stereocenters. The first-order chi connectivity index (χ1) is 9.22. The lowest BCUT2D eigenvalue weighted by Crippen LogP contribution is -2.00.